The molecule has 1 fully saturated rings. The van der Waals surface area contributed by atoms with E-state index in [1.165, 1.54) is 0 Å². The molecule has 1 aromatic rings. The Morgan fingerprint density at radius 2 is 2.00 bits per heavy atom. The van der Waals surface area contributed by atoms with E-state index in [1.54, 1.807) is 7.11 Å². The molecule has 18 heavy (non-hydrogen) atoms. The number of hydrogen-bond donors (Lipinski definition) is 0. The van der Waals surface area contributed by atoms with Gasteiger partial charge in [0.25, 0.3) is 5.92 Å². The average molecular weight is 367 g/mol. The minimum atomic E-state index is -2.47. The van der Waals surface area contributed by atoms with Gasteiger partial charge in [0.15, 0.2) is 0 Å². The fraction of sp³-hybridized carbons (Fsp3) is 0.538. The molecule has 0 atom stereocenters. The summed E-state index contributed by atoms with van der Waals surface area (Å²) in [5.41, 5.74) is 1.14. The van der Waals surface area contributed by atoms with Gasteiger partial charge in [0.05, 0.1) is 10.7 Å². The summed E-state index contributed by atoms with van der Waals surface area (Å²) < 4.78 is 32.3. The molecule has 0 bridgehead atoms. The van der Waals surface area contributed by atoms with Gasteiger partial charge in [-0.1, -0.05) is 6.07 Å². The number of rotatable bonds is 3. The van der Waals surface area contributed by atoms with Crippen molar-refractivity contribution in [2.45, 2.75) is 25.3 Å². The summed E-state index contributed by atoms with van der Waals surface area (Å²) in [6.45, 7) is 1.67. The molecule has 0 unspecified atom stereocenters. The summed E-state index contributed by atoms with van der Waals surface area (Å²) in [4.78, 5) is 2.08. The molecule has 1 heterocycles. The van der Waals surface area contributed by atoms with Crippen LogP contribution in [0.1, 0.15) is 18.4 Å². The number of hydrogen-bond acceptors (Lipinski definition) is 2. The maximum absolute atomic E-state index is 13.0. The lowest BCUT2D eigenvalue weighted by atomic mass is 10.1. The first kappa shape index (κ1) is 14.0. The molecule has 5 heteroatoms. The van der Waals surface area contributed by atoms with E-state index in [1.807, 2.05) is 18.2 Å². The molecule has 1 aliphatic rings. The zero-order valence-electron chi connectivity index (χ0n) is 10.3. The second kappa shape index (κ2) is 5.69. The number of ether oxygens (including phenoxy) is 1. The van der Waals surface area contributed by atoms with E-state index in [2.05, 4.69) is 27.5 Å². The molecular weight excluding hydrogens is 351 g/mol. The third-order valence-corrected chi connectivity index (χ3v) is 4.05. The molecule has 1 aromatic carbocycles. The second-order valence-electron chi connectivity index (χ2n) is 4.60. The number of halogens is 3. The van der Waals surface area contributed by atoms with Gasteiger partial charge in [-0.3, -0.25) is 4.90 Å². The quantitative estimate of drug-likeness (QED) is 0.758. The Bertz CT molecular complexity index is 415. The molecule has 2 rings (SSSR count). The Labute approximate surface area is 119 Å². The number of methoxy groups -OCH3 is 1. The van der Waals surface area contributed by atoms with Gasteiger partial charge in [-0.05, 0) is 40.3 Å². The lowest BCUT2D eigenvalue weighted by Gasteiger charge is -2.31. The van der Waals surface area contributed by atoms with Crippen molar-refractivity contribution < 1.29 is 13.5 Å². The summed E-state index contributed by atoms with van der Waals surface area (Å²) >= 11 is 2.22. The predicted octanol–water partition coefficient (Wildman–Crippen LogP) is 3.53. The lowest BCUT2D eigenvalue weighted by Crippen LogP contribution is -2.38. The SMILES string of the molecule is COc1ccc(CN2CCC(F)(F)CC2)cc1I. The van der Waals surface area contributed by atoms with Crippen LogP contribution in [0, 0.1) is 3.57 Å². The van der Waals surface area contributed by atoms with E-state index in [-0.39, 0.29) is 12.8 Å². The Morgan fingerprint density at radius 3 is 2.56 bits per heavy atom. The van der Waals surface area contributed by atoms with Crippen molar-refractivity contribution in [1.82, 2.24) is 4.90 Å². The normalized spacial score (nSPS) is 19.8. The number of likely N-dealkylation sites (tertiary alicyclic amines) is 1. The van der Waals surface area contributed by atoms with Crippen LogP contribution in [0.25, 0.3) is 0 Å². The van der Waals surface area contributed by atoms with E-state index in [9.17, 15) is 8.78 Å². The maximum atomic E-state index is 13.0. The summed E-state index contributed by atoms with van der Waals surface area (Å²) in [5, 5.41) is 0. The van der Waals surface area contributed by atoms with Crippen molar-refractivity contribution >= 4 is 22.6 Å². The van der Waals surface area contributed by atoms with Crippen molar-refractivity contribution in [3.05, 3.63) is 27.3 Å². The molecule has 0 aromatic heterocycles. The van der Waals surface area contributed by atoms with E-state index in [0.29, 0.717) is 13.1 Å². The Kier molecular flexibility index (Phi) is 4.42. The lowest BCUT2D eigenvalue weighted by molar-refractivity contribution is -0.0566. The standard InChI is InChI=1S/C13H16F2INO/c1-18-12-3-2-10(8-11(12)16)9-17-6-4-13(14,15)5-7-17/h2-3,8H,4-7,9H2,1H3. The third kappa shape index (κ3) is 3.54. The molecule has 1 saturated heterocycles. The van der Waals surface area contributed by atoms with Crippen LogP contribution in [0.3, 0.4) is 0 Å². The minimum absolute atomic E-state index is 0.0275. The molecule has 0 amide bonds. The fourth-order valence-electron chi connectivity index (χ4n) is 2.10. The molecule has 0 saturated carbocycles. The van der Waals surface area contributed by atoms with E-state index in [0.717, 1.165) is 21.4 Å². The van der Waals surface area contributed by atoms with Crippen molar-refractivity contribution in [1.29, 1.82) is 0 Å². The number of nitrogens with zero attached hydrogens (tertiary/aromatic N) is 1. The first-order valence-corrected chi connectivity index (χ1v) is 7.01. The minimum Gasteiger partial charge on any atom is -0.496 e. The van der Waals surface area contributed by atoms with Crippen molar-refractivity contribution in [2.24, 2.45) is 0 Å². The van der Waals surface area contributed by atoms with Crippen LogP contribution in [0.15, 0.2) is 18.2 Å². The Morgan fingerprint density at radius 1 is 1.33 bits per heavy atom. The monoisotopic (exact) mass is 367 g/mol. The number of benzene rings is 1. The Balaban J connectivity index is 1.96. The van der Waals surface area contributed by atoms with Crippen LogP contribution < -0.4 is 4.74 Å². The highest BCUT2D eigenvalue weighted by Crippen LogP contribution is 2.29. The van der Waals surface area contributed by atoms with Crippen LogP contribution >= 0.6 is 22.6 Å². The first-order chi connectivity index (χ1) is 8.50. The van der Waals surface area contributed by atoms with Crippen LogP contribution in [-0.4, -0.2) is 31.0 Å². The molecule has 0 aliphatic carbocycles. The van der Waals surface area contributed by atoms with Crippen molar-refractivity contribution in [3.63, 3.8) is 0 Å². The van der Waals surface area contributed by atoms with Gasteiger partial charge in [-0.15, -0.1) is 0 Å². The predicted molar refractivity (Wildman–Crippen MR) is 75.2 cm³/mol. The zero-order valence-corrected chi connectivity index (χ0v) is 12.4. The maximum Gasteiger partial charge on any atom is 0.250 e. The highest BCUT2D eigenvalue weighted by Gasteiger charge is 2.33. The van der Waals surface area contributed by atoms with Crippen molar-refractivity contribution in [2.75, 3.05) is 20.2 Å². The summed E-state index contributed by atoms with van der Waals surface area (Å²) in [6.07, 6.45) is -0.0551. The van der Waals surface area contributed by atoms with Gasteiger partial charge in [0.1, 0.15) is 5.75 Å². The number of alkyl halides is 2. The molecule has 0 N–H and O–H groups in total. The molecule has 0 radical (unpaired) electrons. The van der Waals surface area contributed by atoms with E-state index >= 15 is 0 Å². The van der Waals surface area contributed by atoms with Crippen LogP contribution in [-0.2, 0) is 6.54 Å². The molecule has 1 aliphatic heterocycles. The van der Waals surface area contributed by atoms with Crippen LogP contribution in [0.4, 0.5) is 8.78 Å². The van der Waals surface area contributed by atoms with Crippen LogP contribution in [0.2, 0.25) is 0 Å². The van der Waals surface area contributed by atoms with Gasteiger partial charge < -0.3 is 4.74 Å². The van der Waals surface area contributed by atoms with E-state index in [4.69, 9.17) is 4.74 Å². The number of piperidine rings is 1. The Hall–Kier alpha value is -0.430. The second-order valence-corrected chi connectivity index (χ2v) is 5.76. The van der Waals surface area contributed by atoms with Gasteiger partial charge in [0.2, 0.25) is 0 Å². The van der Waals surface area contributed by atoms with Crippen molar-refractivity contribution in [3.8, 4) is 5.75 Å². The highest BCUT2D eigenvalue weighted by molar-refractivity contribution is 14.1. The molecule has 0 spiro atoms. The molecular formula is C13H16F2INO. The fourth-order valence-corrected chi connectivity index (χ4v) is 2.90. The summed E-state index contributed by atoms with van der Waals surface area (Å²) in [7, 11) is 1.64. The smallest absolute Gasteiger partial charge is 0.250 e. The molecule has 100 valence electrons. The largest absolute Gasteiger partial charge is 0.496 e. The van der Waals surface area contributed by atoms with Gasteiger partial charge in [-0.25, -0.2) is 8.78 Å². The zero-order chi connectivity index (χ0) is 13.2. The first-order valence-electron chi connectivity index (χ1n) is 5.93. The van der Waals surface area contributed by atoms with Gasteiger partial charge in [0, 0.05) is 32.5 Å². The topological polar surface area (TPSA) is 12.5 Å². The van der Waals surface area contributed by atoms with Crippen LogP contribution in [0.5, 0.6) is 5.75 Å². The highest BCUT2D eigenvalue weighted by atomic mass is 127. The van der Waals surface area contributed by atoms with Gasteiger partial charge >= 0.3 is 0 Å². The molecule has 2 nitrogen and oxygen atoms in total. The van der Waals surface area contributed by atoms with Gasteiger partial charge in [-0.2, -0.15) is 0 Å². The van der Waals surface area contributed by atoms with E-state index < -0.39 is 5.92 Å². The average Bonchev–Trinajstić information content (AvgIpc) is 2.32. The third-order valence-electron chi connectivity index (χ3n) is 3.21. The summed E-state index contributed by atoms with van der Waals surface area (Å²) in [5.74, 6) is -1.62. The summed E-state index contributed by atoms with van der Waals surface area (Å²) in [6, 6.07) is 5.97.